The summed E-state index contributed by atoms with van der Waals surface area (Å²) in [5.41, 5.74) is 5.68. The minimum Gasteiger partial charge on any atom is -0.495 e. The van der Waals surface area contributed by atoms with E-state index < -0.39 is 5.91 Å². The van der Waals surface area contributed by atoms with Gasteiger partial charge >= 0.3 is 0 Å². The Morgan fingerprint density at radius 3 is 2.06 bits per heavy atom. The van der Waals surface area contributed by atoms with Gasteiger partial charge in [-0.15, -0.1) is 0 Å². The Hall–Kier alpha value is -3.86. The highest BCUT2D eigenvalue weighted by Crippen LogP contribution is 2.36. The molecule has 1 N–H and O–H groups in total. The van der Waals surface area contributed by atoms with E-state index in [0.717, 1.165) is 16.7 Å². The molecule has 0 unspecified atom stereocenters. The van der Waals surface area contributed by atoms with Crippen LogP contribution >= 0.6 is 0 Å². The number of imide groups is 1. The number of hydrogen-bond donors (Lipinski definition) is 1. The summed E-state index contributed by atoms with van der Waals surface area (Å²) in [6.07, 6.45) is 0. The van der Waals surface area contributed by atoms with E-state index in [1.807, 2.05) is 80.6 Å². The average molecular weight is 441 g/mol. The van der Waals surface area contributed by atoms with Crippen molar-refractivity contribution >= 4 is 28.8 Å². The first kappa shape index (κ1) is 22.3. The van der Waals surface area contributed by atoms with E-state index in [4.69, 9.17) is 4.74 Å². The molecule has 0 atom stereocenters. The molecule has 0 fully saturated rings. The van der Waals surface area contributed by atoms with Crippen molar-refractivity contribution in [2.24, 2.45) is 0 Å². The lowest BCUT2D eigenvalue weighted by molar-refractivity contribution is -0.120. The zero-order valence-corrected chi connectivity index (χ0v) is 19.6. The molecule has 5 heteroatoms. The summed E-state index contributed by atoms with van der Waals surface area (Å²) >= 11 is 0. The summed E-state index contributed by atoms with van der Waals surface area (Å²) in [5, 5.41) is 3.22. The second-order valence-corrected chi connectivity index (χ2v) is 8.64. The molecule has 2 amide bonds. The SMILES string of the molecule is COc1ccc(C)cc1NC1=C(c2ccc(C)cc2)C(=O)N(c2ccc(C(C)C)cc2)C1=O. The number of ether oxygens (including phenoxy) is 1. The molecular formula is C28H28N2O3. The quantitative estimate of drug-likeness (QED) is 0.490. The summed E-state index contributed by atoms with van der Waals surface area (Å²) in [6.45, 7) is 8.16. The largest absolute Gasteiger partial charge is 0.495 e. The monoisotopic (exact) mass is 440 g/mol. The highest BCUT2D eigenvalue weighted by Gasteiger charge is 2.40. The van der Waals surface area contributed by atoms with Crippen LogP contribution in [0.5, 0.6) is 5.75 Å². The van der Waals surface area contributed by atoms with E-state index >= 15 is 0 Å². The first-order chi connectivity index (χ1) is 15.8. The van der Waals surface area contributed by atoms with Crippen molar-refractivity contribution in [1.29, 1.82) is 0 Å². The number of nitrogens with zero attached hydrogens (tertiary/aromatic N) is 1. The number of benzene rings is 3. The van der Waals surface area contributed by atoms with Crippen molar-refractivity contribution in [3.05, 3.63) is 94.7 Å². The smallest absolute Gasteiger partial charge is 0.282 e. The molecule has 0 spiro atoms. The Morgan fingerprint density at radius 1 is 0.818 bits per heavy atom. The standard InChI is InChI=1S/C28H28N2O3/c1-17(2)20-11-13-22(14-12-20)30-27(31)25(21-9-6-18(3)7-10-21)26(28(30)32)29-23-16-19(4)8-15-24(23)33-5/h6-17,29H,1-5H3. The lowest BCUT2D eigenvalue weighted by Crippen LogP contribution is -2.32. The maximum atomic E-state index is 13.6. The third kappa shape index (κ3) is 4.27. The molecule has 3 aromatic carbocycles. The lowest BCUT2D eigenvalue weighted by atomic mass is 10.0. The fraction of sp³-hybridized carbons (Fsp3) is 0.214. The van der Waals surface area contributed by atoms with E-state index in [0.29, 0.717) is 34.2 Å². The lowest BCUT2D eigenvalue weighted by Gasteiger charge is -2.17. The molecule has 0 saturated carbocycles. The van der Waals surface area contributed by atoms with Crippen molar-refractivity contribution in [3.63, 3.8) is 0 Å². The van der Waals surface area contributed by atoms with Gasteiger partial charge in [-0.3, -0.25) is 9.59 Å². The van der Waals surface area contributed by atoms with Gasteiger partial charge in [0.25, 0.3) is 11.8 Å². The maximum absolute atomic E-state index is 13.6. The van der Waals surface area contributed by atoms with Crippen LogP contribution in [0.4, 0.5) is 11.4 Å². The van der Waals surface area contributed by atoms with Crippen molar-refractivity contribution < 1.29 is 14.3 Å². The van der Waals surface area contributed by atoms with Crippen molar-refractivity contribution in [2.45, 2.75) is 33.6 Å². The summed E-state index contributed by atoms with van der Waals surface area (Å²) in [7, 11) is 1.58. The first-order valence-corrected chi connectivity index (χ1v) is 11.0. The van der Waals surface area contributed by atoms with Crippen LogP contribution in [0.15, 0.2) is 72.4 Å². The Balaban J connectivity index is 1.82. The number of anilines is 2. The first-order valence-electron chi connectivity index (χ1n) is 11.0. The summed E-state index contributed by atoms with van der Waals surface area (Å²) in [4.78, 5) is 28.5. The molecule has 33 heavy (non-hydrogen) atoms. The minimum absolute atomic E-state index is 0.237. The van der Waals surface area contributed by atoms with Gasteiger partial charge in [0.05, 0.1) is 24.1 Å². The van der Waals surface area contributed by atoms with Crippen LogP contribution in [-0.2, 0) is 9.59 Å². The highest BCUT2D eigenvalue weighted by atomic mass is 16.5. The van der Waals surface area contributed by atoms with Gasteiger partial charge in [0.1, 0.15) is 11.4 Å². The zero-order valence-electron chi connectivity index (χ0n) is 19.6. The van der Waals surface area contributed by atoms with Gasteiger partial charge in [-0.2, -0.15) is 0 Å². The van der Waals surface area contributed by atoms with E-state index in [9.17, 15) is 9.59 Å². The summed E-state index contributed by atoms with van der Waals surface area (Å²) in [6, 6.07) is 20.9. The van der Waals surface area contributed by atoms with Crippen LogP contribution in [0.2, 0.25) is 0 Å². The van der Waals surface area contributed by atoms with Crippen molar-refractivity contribution in [2.75, 3.05) is 17.3 Å². The minimum atomic E-state index is -0.392. The molecule has 168 valence electrons. The summed E-state index contributed by atoms with van der Waals surface area (Å²) < 4.78 is 5.48. The number of amides is 2. The van der Waals surface area contributed by atoms with Gasteiger partial charge in [0.15, 0.2) is 0 Å². The topological polar surface area (TPSA) is 58.6 Å². The third-order valence-electron chi connectivity index (χ3n) is 5.86. The molecule has 0 radical (unpaired) electrons. The van der Waals surface area contributed by atoms with E-state index in [1.165, 1.54) is 4.90 Å². The molecule has 1 aliphatic heterocycles. The molecule has 1 heterocycles. The number of carbonyl (C=O) groups is 2. The predicted molar refractivity (Wildman–Crippen MR) is 132 cm³/mol. The Morgan fingerprint density at radius 2 is 1.45 bits per heavy atom. The fourth-order valence-corrected chi connectivity index (χ4v) is 3.93. The number of nitrogens with one attached hydrogen (secondary N) is 1. The van der Waals surface area contributed by atoms with Gasteiger partial charge < -0.3 is 10.1 Å². The van der Waals surface area contributed by atoms with Crippen LogP contribution in [0.25, 0.3) is 5.57 Å². The number of aryl methyl sites for hydroxylation is 2. The Labute approximate surface area is 194 Å². The molecule has 1 aliphatic rings. The number of hydrogen-bond acceptors (Lipinski definition) is 4. The molecular weight excluding hydrogens is 412 g/mol. The zero-order chi connectivity index (χ0) is 23.7. The Bertz CT molecular complexity index is 1240. The van der Waals surface area contributed by atoms with Gasteiger partial charge in [-0.25, -0.2) is 4.90 Å². The highest BCUT2D eigenvalue weighted by molar-refractivity contribution is 6.46. The molecule has 5 nitrogen and oxygen atoms in total. The molecule has 3 aromatic rings. The van der Waals surface area contributed by atoms with E-state index in [1.54, 1.807) is 7.11 Å². The Kier molecular flexibility index (Phi) is 6.05. The molecule has 0 bridgehead atoms. The van der Waals surface area contributed by atoms with Crippen LogP contribution in [0.3, 0.4) is 0 Å². The van der Waals surface area contributed by atoms with Crippen LogP contribution in [-0.4, -0.2) is 18.9 Å². The second kappa shape index (κ2) is 8.94. The van der Waals surface area contributed by atoms with Gasteiger partial charge in [0.2, 0.25) is 0 Å². The van der Waals surface area contributed by atoms with Crippen molar-refractivity contribution in [3.8, 4) is 5.75 Å². The van der Waals surface area contributed by atoms with Gasteiger partial charge in [0, 0.05) is 0 Å². The molecule has 4 rings (SSSR count). The van der Waals surface area contributed by atoms with Crippen LogP contribution in [0.1, 0.15) is 42.0 Å². The number of rotatable bonds is 6. The van der Waals surface area contributed by atoms with Gasteiger partial charge in [-0.1, -0.05) is 61.9 Å². The van der Waals surface area contributed by atoms with E-state index in [-0.39, 0.29) is 11.6 Å². The second-order valence-electron chi connectivity index (χ2n) is 8.64. The molecule has 0 saturated heterocycles. The number of methoxy groups -OCH3 is 1. The predicted octanol–water partition coefficient (Wildman–Crippen LogP) is 5.83. The third-order valence-corrected chi connectivity index (χ3v) is 5.86. The number of carbonyl (C=O) groups excluding carboxylic acids is 2. The van der Waals surface area contributed by atoms with Gasteiger partial charge in [-0.05, 0) is 60.7 Å². The normalized spacial score (nSPS) is 13.8. The average Bonchev–Trinajstić information content (AvgIpc) is 3.04. The molecule has 0 aromatic heterocycles. The van der Waals surface area contributed by atoms with Crippen molar-refractivity contribution in [1.82, 2.24) is 0 Å². The van der Waals surface area contributed by atoms with Crippen LogP contribution in [0, 0.1) is 13.8 Å². The maximum Gasteiger partial charge on any atom is 0.282 e. The summed E-state index contributed by atoms with van der Waals surface area (Å²) in [5.74, 6) is 0.208. The van der Waals surface area contributed by atoms with E-state index in [2.05, 4.69) is 19.2 Å². The van der Waals surface area contributed by atoms with Crippen LogP contribution < -0.4 is 15.0 Å². The fourth-order valence-electron chi connectivity index (χ4n) is 3.93. The molecule has 0 aliphatic carbocycles.